The molecule has 0 aliphatic carbocycles. The second-order valence-corrected chi connectivity index (χ2v) is 4.16. The van der Waals surface area contributed by atoms with E-state index >= 15 is 0 Å². The molecule has 0 aliphatic heterocycles. The van der Waals surface area contributed by atoms with Crippen molar-refractivity contribution in [3.8, 4) is 5.75 Å². The maximum atomic E-state index is 12.3. The number of nitrogens with one attached hydrogen (secondary N) is 2. The van der Waals surface area contributed by atoms with E-state index in [0.29, 0.717) is 5.56 Å². The normalized spacial score (nSPS) is 10.3. The lowest BCUT2D eigenvalue weighted by Gasteiger charge is -2.11. The summed E-state index contributed by atoms with van der Waals surface area (Å²) in [4.78, 5) is 12.1. The fourth-order valence-corrected chi connectivity index (χ4v) is 1.75. The Morgan fingerprint density at radius 1 is 1.10 bits per heavy atom. The Morgan fingerprint density at radius 2 is 1.76 bits per heavy atom. The third-order valence-electron chi connectivity index (χ3n) is 2.79. The zero-order valence-corrected chi connectivity index (χ0v) is 11.3. The van der Waals surface area contributed by atoms with E-state index in [1.54, 1.807) is 43.4 Å². The highest BCUT2D eigenvalue weighted by atomic mass is 19.3. The van der Waals surface area contributed by atoms with Gasteiger partial charge < -0.3 is 15.4 Å². The van der Waals surface area contributed by atoms with Gasteiger partial charge >= 0.3 is 6.61 Å². The van der Waals surface area contributed by atoms with Gasteiger partial charge in [-0.25, -0.2) is 0 Å². The molecular weight excluding hydrogens is 278 g/mol. The third kappa shape index (κ3) is 3.92. The van der Waals surface area contributed by atoms with Gasteiger partial charge in [-0.1, -0.05) is 12.1 Å². The number of alkyl halides is 2. The number of hydrogen-bond acceptors (Lipinski definition) is 3. The molecule has 0 heterocycles. The van der Waals surface area contributed by atoms with E-state index in [1.165, 1.54) is 12.1 Å². The van der Waals surface area contributed by atoms with Crippen LogP contribution in [0.4, 0.5) is 20.2 Å². The van der Waals surface area contributed by atoms with Crippen LogP contribution in [0.1, 0.15) is 10.4 Å². The van der Waals surface area contributed by atoms with Gasteiger partial charge in [0.05, 0.1) is 5.69 Å². The van der Waals surface area contributed by atoms with Gasteiger partial charge in [0.2, 0.25) is 0 Å². The molecule has 0 aromatic heterocycles. The van der Waals surface area contributed by atoms with Crippen molar-refractivity contribution in [3.63, 3.8) is 0 Å². The molecule has 2 rings (SSSR count). The summed E-state index contributed by atoms with van der Waals surface area (Å²) in [6.07, 6.45) is 0. The molecule has 6 heteroatoms. The fraction of sp³-hybridized carbons (Fsp3) is 0.133. The van der Waals surface area contributed by atoms with Crippen molar-refractivity contribution in [2.24, 2.45) is 0 Å². The van der Waals surface area contributed by atoms with Gasteiger partial charge in [0.25, 0.3) is 5.91 Å². The minimum atomic E-state index is -2.95. The minimum absolute atomic E-state index is 0.0762. The molecule has 2 aromatic rings. The first-order chi connectivity index (χ1) is 10.1. The quantitative estimate of drug-likeness (QED) is 0.885. The molecule has 2 aromatic carbocycles. The SMILES string of the molecule is CNc1ccc(C(=O)Nc2ccccc2OC(F)F)cc1. The van der Waals surface area contributed by atoms with E-state index in [2.05, 4.69) is 15.4 Å². The van der Waals surface area contributed by atoms with Crippen molar-refractivity contribution >= 4 is 17.3 Å². The standard InChI is InChI=1S/C15H14F2N2O2/c1-18-11-8-6-10(7-9-11)14(20)19-12-4-2-3-5-13(12)21-15(16)17/h2-9,15,18H,1H3,(H,19,20). The first-order valence-electron chi connectivity index (χ1n) is 6.23. The molecule has 0 saturated carbocycles. The molecule has 0 bridgehead atoms. The van der Waals surface area contributed by atoms with Crippen LogP contribution in [-0.2, 0) is 0 Å². The van der Waals surface area contributed by atoms with Crippen molar-refractivity contribution < 1.29 is 18.3 Å². The van der Waals surface area contributed by atoms with E-state index in [0.717, 1.165) is 5.69 Å². The summed E-state index contributed by atoms with van der Waals surface area (Å²) in [7, 11) is 1.77. The highest BCUT2D eigenvalue weighted by Crippen LogP contribution is 2.26. The number of carbonyl (C=O) groups is 1. The Morgan fingerprint density at radius 3 is 2.38 bits per heavy atom. The van der Waals surface area contributed by atoms with Crippen LogP contribution in [0.5, 0.6) is 5.75 Å². The summed E-state index contributed by atoms with van der Waals surface area (Å²) in [5.74, 6) is -0.476. The molecule has 4 nitrogen and oxygen atoms in total. The van der Waals surface area contributed by atoms with Crippen LogP contribution >= 0.6 is 0 Å². The van der Waals surface area contributed by atoms with Gasteiger partial charge in [0.1, 0.15) is 5.75 Å². The molecule has 0 spiro atoms. The van der Waals surface area contributed by atoms with Gasteiger partial charge in [-0.2, -0.15) is 8.78 Å². The van der Waals surface area contributed by atoms with Crippen LogP contribution in [0.25, 0.3) is 0 Å². The lowest BCUT2D eigenvalue weighted by atomic mass is 10.2. The molecular formula is C15H14F2N2O2. The van der Waals surface area contributed by atoms with Crippen LogP contribution < -0.4 is 15.4 Å². The fourth-order valence-electron chi connectivity index (χ4n) is 1.75. The lowest BCUT2D eigenvalue weighted by molar-refractivity contribution is -0.0493. The van der Waals surface area contributed by atoms with Gasteiger partial charge in [0.15, 0.2) is 0 Å². The molecule has 0 fully saturated rings. The second-order valence-electron chi connectivity index (χ2n) is 4.16. The number of rotatable bonds is 5. The van der Waals surface area contributed by atoms with Crippen LogP contribution in [0.3, 0.4) is 0 Å². The van der Waals surface area contributed by atoms with Gasteiger partial charge in [-0.3, -0.25) is 4.79 Å². The molecule has 0 unspecified atom stereocenters. The largest absolute Gasteiger partial charge is 0.433 e. The number of benzene rings is 2. The molecule has 0 radical (unpaired) electrons. The number of hydrogen-bond donors (Lipinski definition) is 2. The number of para-hydroxylation sites is 2. The predicted molar refractivity (Wildman–Crippen MR) is 77.0 cm³/mol. The lowest BCUT2D eigenvalue weighted by Crippen LogP contribution is -2.13. The molecule has 2 N–H and O–H groups in total. The molecule has 21 heavy (non-hydrogen) atoms. The highest BCUT2D eigenvalue weighted by Gasteiger charge is 2.12. The monoisotopic (exact) mass is 292 g/mol. The van der Waals surface area contributed by atoms with Gasteiger partial charge in [0, 0.05) is 18.3 Å². The number of carbonyl (C=O) groups excluding carboxylic acids is 1. The van der Waals surface area contributed by atoms with E-state index in [4.69, 9.17) is 0 Å². The molecule has 1 amide bonds. The van der Waals surface area contributed by atoms with Crippen molar-refractivity contribution in [1.82, 2.24) is 0 Å². The van der Waals surface area contributed by atoms with Gasteiger partial charge in [-0.15, -0.1) is 0 Å². The summed E-state index contributed by atoms with van der Waals surface area (Å²) in [5.41, 5.74) is 1.48. The zero-order valence-electron chi connectivity index (χ0n) is 11.3. The number of amides is 1. The van der Waals surface area contributed by atoms with E-state index in [-0.39, 0.29) is 11.4 Å². The highest BCUT2D eigenvalue weighted by molar-refractivity contribution is 6.05. The summed E-state index contributed by atoms with van der Waals surface area (Å²) in [6.45, 7) is -2.95. The maximum Gasteiger partial charge on any atom is 0.387 e. The first-order valence-corrected chi connectivity index (χ1v) is 6.23. The number of anilines is 2. The Kier molecular flexibility index (Phi) is 4.71. The topological polar surface area (TPSA) is 50.4 Å². The molecule has 0 aliphatic rings. The first kappa shape index (κ1) is 14.8. The number of halogens is 2. The van der Waals surface area contributed by atoms with Crippen LogP contribution in [0, 0.1) is 0 Å². The summed E-state index contributed by atoms with van der Waals surface area (Å²) in [5, 5.41) is 5.49. The molecule has 0 atom stereocenters. The summed E-state index contributed by atoms with van der Waals surface area (Å²) < 4.78 is 29.0. The molecule has 110 valence electrons. The Balaban J connectivity index is 2.15. The van der Waals surface area contributed by atoms with Crippen molar-refractivity contribution in [1.29, 1.82) is 0 Å². The van der Waals surface area contributed by atoms with Crippen LogP contribution in [0.15, 0.2) is 48.5 Å². The average Bonchev–Trinajstić information content (AvgIpc) is 2.49. The van der Waals surface area contributed by atoms with E-state index < -0.39 is 12.5 Å². The van der Waals surface area contributed by atoms with E-state index in [1.807, 2.05) is 0 Å². The van der Waals surface area contributed by atoms with Crippen molar-refractivity contribution in [3.05, 3.63) is 54.1 Å². The van der Waals surface area contributed by atoms with Crippen LogP contribution in [-0.4, -0.2) is 19.6 Å². The average molecular weight is 292 g/mol. The summed E-state index contributed by atoms with van der Waals surface area (Å²) >= 11 is 0. The Hall–Kier alpha value is -2.63. The van der Waals surface area contributed by atoms with E-state index in [9.17, 15) is 13.6 Å². The van der Waals surface area contributed by atoms with Crippen molar-refractivity contribution in [2.75, 3.05) is 17.7 Å². The Bertz CT molecular complexity index is 615. The Labute approximate surface area is 120 Å². The van der Waals surface area contributed by atoms with Crippen LogP contribution in [0.2, 0.25) is 0 Å². The summed E-state index contributed by atoms with van der Waals surface area (Å²) in [6, 6.07) is 12.8. The number of ether oxygens (including phenoxy) is 1. The zero-order chi connectivity index (χ0) is 15.2. The second kappa shape index (κ2) is 6.69. The minimum Gasteiger partial charge on any atom is -0.433 e. The van der Waals surface area contributed by atoms with Gasteiger partial charge in [-0.05, 0) is 36.4 Å². The van der Waals surface area contributed by atoms with Crippen molar-refractivity contribution in [2.45, 2.75) is 6.61 Å². The third-order valence-corrected chi connectivity index (χ3v) is 2.79. The maximum absolute atomic E-state index is 12.3. The predicted octanol–water partition coefficient (Wildman–Crippen LogP) is 3.58. The molecule has 0 saturated heterocycles. The smallest absolute Gasteiger partial charge is 0.387 e.